The van der Waals surface area contributed by atoms with E-state index in [1.54, 1.807) is 20.8 Å². The van der Waals surface area contributed by atoms with Crippen LogP contribution in [-0.2, 0) is 14.3 Å². The van der Waals surface area contributed by atoms with E-state index in [2.05, 4.69) is 17.4 Å². The number of carboxylic acids is 1. The van der Waals surface area contributed by atoms with Crippen molar-refractivity contribution in [2.45, 2.75) is 57.5 Å². The van der Waals surface area contributed by atoms with Gasteiger partial charge in [0.15, 0.2) is 0 Å². The molecule has 0 radical (unpaired) electrons. The molecular formula is C26H32N2O5. The second-order valence-corrected chi connectivity index (χ2v) is 8.42. The number of likely N-dealkylation sites (N-methyl/N-ethyl adjacent to an activating group) is 1. The zero-order valence-electron chi connectivity index (χ0n) is 19.6. The molecule has 1 atom stereocenters. The van der Waals surface area contributed by atoms with Gasteiger partial charge < -0.3 is 20.1 Å². The zero-order valence-corrected chi connectivity index (χ0v) is 19.6. The predicted octanol–water partition coefficient (Wildman–Crippen LogP) is 4.41. The van der Waals surface area contributed by atoms with Crippen LogP contribution in [-0.4, -0.2) is 53.2 Å². The van der Waals surface area contributed by atoms with E-state index in [1.165, 1.54) is 11.9 Å². The average molecular weight is 453 g/mol. The lowest BCUT2D eigenvalue weighted by Crippen LogP contribution is -2.61. The van der Waals surface area contributed by atoms with Gasteiger partial charge >= 0.3 is 12.1 Å². The molecule has 33 heavy (non-hydrogen) atoms. The fourth-order valence-corrected chi connectivity index (χ4v) is 4.71. The Morgan fingerprint density at radius 3 is 1.97 bits per heavy atom. The second kappa shape index (κ2) is 10.1. The maximum absolute atomic E-state index is 13.2. The molecule has 0 fully saturated rings. The van der Waals surface area contributed by atoms with Gasteiger partial charge in [0, 0.05) is 13.0 Å². The molecular weight excluding hydrogens is 420 g/mol. The van der Waals surface area contributed by atoms with Gasteiger partial charge in [0.2, 0.25) is 5.91 Å². The highest BCUT2D eigenvalue weighted by atomic mass is 16.5. The van der Waals surface area contributed by atoms with E-state index in [4.69, 9.17) is 4.74 Å². The molecule has 0 spiro atoms. The highest BCUT2D eigenvalue weighted by molar-refractivity contribution is 5.92. The monoisotopic (exact) mass is 452 g/mol. The Balaban J connectivity index is 1.75. The van der Waals surface area contributed by atoms with Crippen LogP contribution in [0, 0.1) is 0 Å². The van der Waals surface area contributed by atoms with Crippen LogP contribution in [0.4, 0.5) is 4.79 Å². The molecule has 0 heterocycles. The SMILES string of the molecule is CCC(C(=O)O)N(C)C(=O)C(CC)(CC)NC(=O)OCC1c2ccccc2-c2ccccc21. The maximum atomic E-state index is 13.2. The number of aliphatic carboxylic acids is 1. The van der Waals surface area contributed by atoms with E-state index in [0.717, 1.165) is 22.3 Å². The number of carboxylic acid groups (broad SMARTS) is 1. The highest BCUT2D eigenvalue weighted by Crippen LogP contribution is 2.44. The molecule has 0 bridgehead atoms. The third-order valence-corrected chi connectivity index (χ3v) is 6.76. The van der Waals surface area contributed by atoms with Crippen molar-refractivity contribution in [3.05, 3.63) is 59.7 Å². The minimum Gasteiger partial charge on any atom is -0.480 e. The van der Waals surface area contributed by atoms with Crippen molar-refractivity contribution >= 4 is 18.0 Å². The van der Waals surface area contributed by atoms with Crippen LogP contribution in [0.2, 0.25) is 0 Å². The lowest BCUT2D eigenvalue weighted by molar-refractivity contribution is -0.152. The molecule has 176 valence electrons. The first-order chi connectivity index (χ1) is 15.8. The third kappa shape index (κ3) is 4.58. The summed E-state index contributed by atoms with van der Waals surface area (Å²) in [4.78, 5) is 38.8. The Morgan fingerprint density at radius 2 is 1.52 bits per heavy atom. The standard InChI is InChI=1S/C26H32N2O5/c1-5-22(23(29)30)28(4)24(31)26(6-2,7-3)27-25(32)33-16-21-19-14-10-8-12-17(19)18-13-9-11-15-20(18)21/h8-15,21-22H,5-7,16H2,1-4H3,(H,27,32)(H,29,30). The number of alkyl carbamates (subject to hydrolysis) is 1. The largest absolute Gasteiger partial charge is 0.480 e. The average Bonchev–Trinajstić information content (AvgIpc) is 3.14. The van der Waals surface area contributed by atoms with E-state index in [0.29, 0.717) is 12.8 Å². The van der Waals surface area contributed by atoms with Gasteiger partial charge in [-0.05, 0) is 41.5 Å². The van der Waals surface area contributed by atoms with E-state index >= 15 is 0 Å². The van der Waals surface area contributed by atoms with Crippen LogP contribution in [0.5, 0.6) is 0 Å². The molecule has 0 aliphatic heterocycles. The fraction of sp³-hybridized carbons (Fsp3) is 0.423. The molecule has 2 amide bonds. The number of fused-ring (bicyclic) bond motifs is 3. The van der Waals surface area contributed by atoms with Crippen LogP contribution in [0.25, 0.3) is 11.1 Å². The summed E-state index contributed by atoms with van der Waals surface area (Å²) in [6.07, 6.45) is 0.206. The molecule has 0 saturated carbocycles. The molecule has 2 aromatic carbocycles. The van der Waals surface area contributed by atoms with E-state index < -0.39 is 29.6 Å². The number of rotatable bonds is 9. The van der Waals surface area contributed by atoms with E-state index in [1.807, 2.05) is 36.4 Å². The number of carbonyl (C=O) groups is 3. The predicted molar refractivity (Wildman–Crippen MR) is 126 cm³/mol. The number of benzene rings is 2. The summed E-state index contributed by atoms with van der Waals surface area (Å²) in [5.74, 6) is -1.60. The van der Waals surface area contributed by atoms with Gasteiger partial charge in [-0.2, -0.15) is 0 Å². The van der Waals surface area contributed by atoms with Gasteiger partial charge in [-0.25, -0.2) is 9.59 Å². The van der Waals surface area contributed by atoms with Gasteiger partial charge in [-0.3, -0.25) is 4.79 Å². The Morgan fingerprint density at radius 1 is 1.00 bits per heavy atom. The van der Waals surface area contributed by atoms with Gasteiger partial charge in [0.1, 0.15) is 18.2 Å². The number of nitrogens with zero attached hydrogens (tertiary/aromatic N) is 1. The van der Waals surface area contributed by atoms with Crippen molar-refractivity contribution in [1.82, 2.24) is 10.2 Å². The van der Waals surface area contributed by atoms with Crippen molar-refractivity contribution in [2.75, 3.05) is 13.7 Å². The van der Waals surface area contributed by atoms with E-state index in [-0.39, 0.29) is 18.9 Å². The van der Waals surface area contributed by atoms with Crippen molar-refractivity contribution in [1.29, 1.82) is 0 Å². The lowest BCUT2D eigenvalue weighted by atomic mass is 9.90. The van der Waals surface area contributed by atoms with E-state index in [9.17, 15) is 19.5 Å². The van der Waals surface area contributed by atoms with Gasteiger partial charge in [-0.15, -0.1) is 0 Å². The quantitative estimate of drug-likeness (QED) is 0.588. The molecule has 1 unspecified atom stereocenters. The Kier molecular flexibility index (Phi) is 7.41. The van der Waals surface area contributed by atoms with Crippen molar-refractivity contribution < 1.29 is 24.2 Å². The molecule has 7 heteroatoms. The fourth-order valence-electron chi connectivity index (χ4n) is 4.71. The molecule has 0 aromatic heterocycles. The van der Waals surface area contributed by atoms with Gasteiger partial charge in [0.25, 0.3) is 0 Å². The van der Waals surface area contributed by atoms with Crippen molar-refractivity contribution in [2.24, 2.45) is 0 Å². The van der Waals surface area contributed by atoms with Gasteiger partial charge in [-0.1, -0.05) is 69.3 Å². The number of ether oxygens (including phenoxy) is 1. The van der Waals surface area contributed by atoms with Crippen molar-refractivity contribution in [3.8, 4) is 11.1 Å². The molecule has 0 saturated heterocycles. The summed E-state index contributed by atoms with van der Waals surface area (Å²) < 4.78 is 5.63. The molecule has 2 aromatic rings. The lowest BCUT2D eigenvalue weighted by Gasteiger charge is -2.36. The smallest absolute Gasteiger partial charge is 0.408 e. The summed E-state index contributed by atoms with van der Waals surface area (Å²) in [5, 5.41) is 12.2. The molecule has 2 N–H and O–H groups in total. The Labute approximate surface area is 194 Å². The summed E-state index contributed by atoms with van der Waals surface area (Å²) in [6, 6.07) is 15.2. The molecule has 1 aliphatic carbocycles. The number of amides is 2. The minimum absolute atomic E-state index is 0.0874. The zero-order chi connectivity index (χ0) is 24.2. The summed E-state index contributed by atoms with van der Waals surface area (Å²) >= 11 is 0. The maximum Gasteiger partial charge on any atom is 0.408 e. The number of hydrogen-bond acceptors (Lipinski definition) is 4. The first-order valence-electron chi connectivity index (χ1n) is 11.4. The van der Waals surface area contributed by atoms with Crippen LogP contribution in [0.15, 0.2) is 48.5 Å². The summed E-state index contributed by atoms with van der Waals surface area (Å²) in [5.41, 5.74) is 3.24. The molecule has 1 aliphatic rings. The first-order valence-corrected chi connectivity index (χ1v) is 11.4. The second-order valence-electron chi connectivity index (χ2n) is 8.42. The molecule has 3 rings (SSSR count). The number of hydrogen-bond donors (Lipinski definition) is 2. The summed E-state index contributed by atoms with van der Waals surface area (Å²) in [6.45, 7) is 5.43. The first kappa shape index (κ1) is 24.3. The normalized spacial score (nSPS) is 13.6. The molecule has 7 nitrogen and oxygen atoms in total. The number of nitrogens with one attached hydrogen (secondary N) is 1. The van der Waals surface area contributed by atoms with Crippen LogP contribution in [0.3, 0.4) is 0 Å². The van der Waals surface area contributed by atoms with Gasteiger partial charge in [0.05, 0.1) is 0 Å². The van der Waals surface area contributed by atoms with Crippen LogP contribution in [0.1, 0.15) is 57.1 Å². The number of carbonyl (C=O) groups excluding carboxylic acids is 2. The van der Waals surface area contributed by atoms with Crippen LogP contribution < -0.4 is 5.32 Å². The highest BCUT2D eigenvalue weighted by Gasteiger charge is 2.42. The van der Waals surface area contributed by atoms with Crippen LogP contribution >= 0.6 is 0 Å². The van der Waals surface area contributed by atoms with Crippen molar-refractivity contribution in [3.63, 3.8) is 0 Å². The Hall–Kier alpha value is -3.35. The summed E-state index contributed by atoms with van der Waals surface area (Å²) in [7, 11) is 1.46. The third-order valence-electron chi connectivity index (χ3n) is 6.76. The Bertz CT molecular complexity index is 985. The minimum atomic E-state index is -1.24. The topological polar surface area (TPSA) is 95.9 Å².